The van der Waals surface area contributed by atoms with Gasteiger partial charge in [-0.1, -0.05) is 5.16 Å². The van der Waals surface area contributed by atoms with Gasteiger partial charge in [0.25, 0.3) is 0 Å². The summed E-state index contributed by atoms with van der Waals surface area (Å²) in [4.78, 5) is 8.64. The second-order valence-corrected chi connectivity index (χ2v) is 4.63. The molecule has 0 aliphatic heterocycles. The molecule has 0 atom stereocenters. The zero-order valence-electron chi connectivity index (χ0n) is 9.68. The van der Waals surface area contributed by atoms with E-state index < -0.39 is 0 Å². The second kappa shape index (κ2) is 3.63. The zero-order chi connectivity index (χ0) is 11.9. The van der Waals surface area contributed by atoms with E-state index in [1.54, 1.807) is 6.20 Å². The van der Waals surface area contributed by atoms with Crippen LogP contribution in [0.2, 0.25) is 0 Å². The lowest BCUT2D eigenvalue weighted by atomic mass is 10.1. The Kier molecular flexibility index (Phi) is 2.22. The van der Waals surface area contributed by atoms with E-state index in [1.165, 1.54) is 0 Å². The fourth-order valence-electron chi connectivity index (χ4n) is 1.86. The maximum absolute atomic E-state index is 5.73. The first-order valence-corrected chi connectivity index (χ1v) is 5.71. The lowest BCUT2D eigenvalue weighted by Gasteiger charge is -2.03. The highest BCUT2D eigenvalue weighted by Gasteiger charge is 2.48. The number of hydrogen-bond acceptors (Lipinski definition) is 5. The van der Waals surface area contributed by atoms with Crippen LogP contribution < -0.4 is 5.73 Å². The second-order valence-electron chi connectivity index (χ2n) is 4.63. The third-order valence-corrected chi connectivity index (χ3v) is 3.27. The van der Waals surface area contributed by atoms with Gasteiger partial charge in [0.1, 0.15) is 5.69 Å². The van der Waals surface area contributed by atoms with Crippen LogP contribution in [0, 0.1) is 6.92 Å². The van der Waals surface area contributed by atoms with Crippen LogP contribution in [0.25, 0.3) is 11.5 Å². The molecule has 1 saturated carbocycles. The van der Waals surface area contributed by atoms with E-state index in [1.807, 2.05) is 19.1 Å². The van der Waals surface area contributed by atoms with Crippen LogP contribution in [0.5, 0.6) is 0 Å². The molecule has 5 nitrogen and oxygen atoms in total. The molecule has 2 heterocycles. The van der Waals surface area contributed by atoms with Crippen molar-refractivity contribution in [2.24, 2.45) is 5.73 Å². The van der Waals surface area contributed by atoms with Crippen molar-refractivity contribution in [1.29, 1.82) is 0 Å². The Morgan fingerprint density at radius 1 is 1.47 bits per heavy atom. The standard InChI is InChI=1S/C12H14N4O/c1-8-2-5-14-9(6-8)10-15-11(17-16-10)12(7-13)3-4-12/h2,5-6H,3-4,7,13H2,1H3. The van der Waals surface area contributed by atoms with E-state index in [-0.39, 0.29) is 5.41 Å². The Morgan fingerprint density at radius 3 is 2.94 bits per heavy atom. The van der Waals surface area contributed by atoms with Gasteiger partial charge in [-0.15, -0.1) is 0 Å². The van der Waals surface area contributed by atoms with E-state index in [2.05, 4.69) is 15.1 Å². The summed E-state index contributed by atoms with van der Waals surface area (Å²) in [6, 6.07) is 3.88. The summed E-state index contributed by atoms with van der Waals surface area (Å²) in [5, 5.41) is 3.98. The fourth-order valence-corrected chi connectivity index (χ4v) is 1.86. The molecule has 2 aromatic heterocycles. The average molecular weight is 230 g/mol. The van der Waals surface area contributed by atoms with E-state index in [9.17, 15) is 0 Å². The van der Waals surface area contributed by atoms with Crippen LogP contribution in [0.4, 0.5) is 0 Å². The number of nitrogens with two attached hydrogens (primary N) is 1. The third kappa shape index (κ3) is 1.72. The molecule has 0 bridgehead atoms. The molecular formula is C12H14N4O. The Balaban J connectivity index is 1.95. The molecule has 5 heteroatoms. The predicted octanol–water partition coefficient (Wildman–Crippen LogP) is 1.43. The van der Waals surface area contributed by atoms with Gasteiger partial charge in [0.2, 0.25) is 11.7 Å². The third-order valence-electron chi connectivity index (χ3n) is 3.27. The summed E-state index contributed by atoms with van der Waals surface area (Å²) in [5.74, 6) is 1.20. The molecule has 0 spiro atoms. The number of rotatable bonds is 3. The summed E-state index contributed by atoms with van der Waals surface area (Å²) in [6.45, 7) is 2.57. The summed E-state index contributed by atoms with van der Waals surface area (Å²) in [7, 11) is 0. The Hall–Kier alpha value is -1.75. The minimum atomic E-state index is -0.0604. The van der Waals surface area contributed by atoms with Crippen molar-refractivity contribution in [2.75, 3.05) is 6.54 Å². The molecule has 0 amide bonds. The van der Waals surface area contributed by atoms with Crippen LogP contribution >= 0.6 is 0 Å². The van der Waals surface area contributed by atoms with Crippen molar-refractivity contribution in [3.63, 3.8) is 0 Å². The highest BCUT2D eigenvalue weighted by molar-refractivity contribution is 5.49. The van der Waals surface area contributed by atoms with E-state index in [0.717, 1.165) is 24.1 Å². The van der Waals surface area contributed by atoms with E-state index in [4.69, 9.17) is 10.3 Å². The Morgan fingerprint density at radius 2 is 2.29 bits per heavy atom. The van der Waals surface area contributed by atoms with Crippen molar-refractivity contribution in [3.05, 3.63) is 29.8 Å². The smallest absolute Gasteiger partial charge is 0.234 e. The molecule has 2 N–H and O–H groups in total. The van der Waals surface area contributed by atoms with Crippen LogP contribution in [0.15, 0.2) is 22.9 Å². The minimum Gasteiger partial charge on any atom is -0.338 e. The molecule has 1 fully saturated rings. The van der Waals surface area contributed by atoms with Crippen molar-refractivity contribution >= 4 is 0 Å². The topological polar surface area (TPSA) is 77.8 Å². The van der Waals surface area contributed by atoms with Gasteiger partial charge in [-0.3, -0.25) is 4.98 Å². The van der Waals surface area contributed by atoms with Crippen molar-refractivity contribution in [3.8, 4) is 11.5 Å². The van der Waals surface area contributed by atoms with Gasteiger partial charge in [-0.05, 0) is 37.5 Å². The predicted molar refractivity (Wildman–Crippen MR) is 62.2 cm³/mol. The van der Waals surface area contributed by atoms with Gasteiger partial charge >= 0.3 is 0 Å². The van der Waals surface area contributed by atoms with Gasteiger partial charge in [0, 0.05) is 12.7 Å². The van der Waals surface area contributed by atoms with Gasteiger partial charge in [0.05, 0.1) is 5.41 Å². The summed E-state index contributed by atoms with van der Waals surface area (Å²) < 4.78 is 5.30. The van der Waals surface area contributed by atoms with Crippen LogP contribution in [0.1, 0.15) is 24.3 Å². The number of aryl methyl sites for hydroxylation is 1. The maximum atomic E-state index is 5.73. The number of nitrogens with zero attached hydrogens (tertiary/aromatic N) is 3. The lowest BCUT2D eigenvalue weighted by molar-refractivity contribution is 0.347. The molecular weight excluding hydrogens is 216 g/mol. The van der Waals surface area contributed by atoms with Crippen molar-refractivity contribution < 1.29 is 4.52 Å². The molecule has 1 aliphatic carbocycles. The quantitative estimate of drug-likeness (QED) is 0.863. The van der Waals surface area contributed by atoms with Crippen LogP contribution in [-0.2, 0) is 5.41 Å². The van der Waals surface area contributed by atoms with E-state index in [0.29, 0.717) is 18.3 Å². The molecule has 3 rings (SSSR count). The van der Waals surface area contributed by atoms with Gasteiger partial charge < -0.3 is 10.3 Å². The molecule has 0 radical (unpaired) electrons. The van der Waals surface area contributed by atoms with Gasteiger partial charge in [0.15, 0.2) is 0 Å². The highest BCUT2D eigenvalue weighted by Crippen LogP contribution is 2.46. The number of hydrogen-bond donors (Lipinski definition) is 1. The summed E-state index contributed by atoms with van der Waals surface area (Å²) >= 11 is 0. The molecule has 0 unspecified atom stereocenters. The van der Waals surface area contributed by atoms with Crippen molar-refractivity contribution in [1.82, 2.24) is 15.1 Å². The zero-order valence-corrected chi connectivity index (χ0v) is 9.68. The molecule has 88 valence electrons. The fraction of sp³-hybridized carbons (Fsp3) is 0.417. The SMILES string of the molecule is Cc1ccnc(-c2noc(C3(CN)CC3)n2)c1. The molecule has 17 heavy (non-hydrogen) atoms. The van der Waals surface area contributed by atoms with Crippen LogP contribution in [0.3, 0.4) is 0 Å². The first kappa shape index (κ1) is 10.4. The first-order valence-electron chi connectivity index (χ1n) is 5.71. The lowest BCUT2D eigenvalue weighted by Crippen LogP contribution is -2.19. The maximum Gasteiger partial charge on any atom is 0.234 e. The highest BCUT2D eigenvalue weighted by atomic mass is 16.5. The first-order chi connectivity index (χ1) is 8.23. The molecule has 1 aliphatic rings. The molecule has 0 saturated heterocycles. The molecule has 2 aromatic rings. The number of pyridine rings is 1. The molecule has 0 aromatic carbocycles. The van der Waals surface area contributed by atoms with Gasteiger partial charge in [-0.2, -0.15) is 4.98 Å². The number of aromatic nitrogens is 3. The Labute approximate surface area is 99.1 Å². The largest absolute Gasteiger partial charge is 0.338 e. The average Bonchev–Trinajstić information content (AvgIpc) is 2.99. The summed E-state index contributed by atoms with van der Waals surface area (Å²) in [5.41, 5.74) is 7.54. The van der Waals surface area contributed by atoms with Crippen LogP contribution in [-0.4, -0.2) is 21.7 Å². The monoisotopic (exact) mass is 230 g/mol. The summed E-state index contributed by atoms with van der Waals surface area (Å²) in [6.07, 6.45) is 3.81. The normalized spacial score (nSPS) is 17.1. The van der Waals surface area contributed by atoms with E-state index >= 15 is 0 Å². The Bertz CT molecular complexity index is 545. The van der Waals surface area contributed by atoms with Crippen molar-refractivity contribution in [2.45, 2.75) is 25.2 Å². The van der Waals surface area contributed by atoms with Gasteiger partial charge in [-0.25, -0.2) is 0 Å². The minimum absolute atomic E-state index is 0.0604.